The van der Waals surface area contributed by atoms with Gasteiger partial charge in [-0.25, -0.2) is 0 Å². The molecule has 9 nitrogen and oxygen atoms in total. The quantitative estimate of drug-likeness (QED) is 0.323. The third-order valence-corrected chi connectivity index (χ3v) is 5.55. The lowest BCUT2D eigenvalue weighted by atomic mass is 10.0. The molecule has 2 aromatic rings. The molecule has 32 heavy (non-hydrogen) atoms. The first kappa shape index (κ1) is 23.5. The number of aliphatic hydroxyl groups excluding tert-OH is 1. The van der Waals surface area contributed by atoms with Gasteiger partial charge in [0.05, 0.1) is 12.1 Å². The first-order valence-corrected chi connectivity index (χ1v) is 10.6. The Bertz CT molecular complexity index is 1000. The van der Waals surface area contributed by atoms with E-state index in [0.29, 0.717) is 31.4 Å². The minimum atomic E-state index is -1.21. The van der Waals surface area contributed by atoms with E-state index >= 15 is 0 Å². The highest BCUT2D eigenvalue weighted by Crippen LogP contribution is 2.22. The summed E-state index contributed by atoms with van der Waals surface area (Å²) in [5, 5.41) is 12.4. The number of para-hydroxylation sites is 1. The largest absolute Gasteiger partial charge is 0.366 e. The van der Waals surface area contributed by atoms with E-state index in [4.69, 9.17) is 0 Å². The van der Waals surface area contributed by atoms with E-state index in [1.54, 1.807) is 12.3 Å². The molecule has 2 atom stereocenters. The van der Waals surface area contributed by atoms with Crippen molar-refractivity contribution in [1.82, 2.24) is 15.2 Å². The summed E-state index contributed by atoms with van der Waals surface area (Å²) in [5.41, 5.74) is 1.32. The number of ketones is 2. The molecule has 9 heteroatoms. The highest BCUT2D eigenvalue weighted by Gasteiger charge is 2.36. The highest BCUT2D eigenvalue weighted by atomic mass is 16.6. The number of aliphatic hydroxyl groups is 1. The van der Waals surface area contributed by atoms with Crippen LogP contribution in [0.1, 0.15) is 42.5 Å². The molecule has 170 valence electrons. The number of ether oxygens (including phenoxy) is 1. The number of methoxy groups -OCH3 is 1. The summed E-state index contributed by atoms with van der Waals surface area (Å²) in [6.07, 6.45) is 2.08. The van der Waals surface area contributed by atoms with E-state index in [0.717, 1.165) is 10.9 Å². The van der Waals surface area contributed by atoms with E-state index in [9.17, 15) is 24.3 Å². The fourth-order valence-corrected chi connectivity index (χ4v) is 3.86. The third kappa shape index (κ3) is 5.54. The number of likely N-dealkylation sites (tertiary alicyclic amines) is 1. The van der Waals surface area contributed by atoms with E-state index in [1.807, 2.05) is 24.3 Å². The molecular formula is C23H27N3O6. The molecule has 0 radical (unpaired) electrons. The maximum atomic E-state index is 12.7. The lowest BCUT2D eigenvalue weighted by molar-refractivity contribution is -0.145. The number of hydrogen-bond acceptors (Lipinski definition) is 7. The Hall–Kier alpha value is -3.17. The van der Waals surface area contributed by atoms with Crippen LogP contribution in [0.15, 0.2) is 36.5 Å². The van der Waals surface area contributed by atoms with Gasteiger partial charge < -0.3 is 20.1 Å². The molecule has 0 spiro atoms. The molecule has 3 rings (SSSR count). The van der Waals surface area contributed by atoms with Gasteiger partial charge in [-0.2, -0.15) is 0 Å². The van der Waals surface area contributed by atoms with E-state index < -0.39 is 24.0 Å². The topological polar surface area (TPSA) is 126 Å². The predicted molar refractivity (Wildman–Crippen MR) is 116 cm³/mol. The first-order valence-electron chi connectivity index (χ1n) is 10.6. The van der Waals surface area contributed by atoms with Gasteiger partial charge in [0.1, 0.15) is 6.04 Å². The lowest BCUT2D eigenvalue weighted by Gasteiger charge is -2.23. The van der Waals surface area contributed by atoms with Crippen molar-refractivity contribution in [1.29, 1.82) is 0 Å². The van der Waals surface area contributed by atoms with Crippen LogP contribution in [0.5, 0.6) is 0 Å². The number of nitrogens with zero attached hydrogens (tertiary/aromatic N) is 2. The number of rotatable bonds is 10. The maximum absolute atomic E-state index is 12.7. The first-order chi connectivity index (χ1) is 15.4. The van der Waals surface area contributed by atoms with Crippen LogP contribution in [0.2, 0.25) is 0 Å². The Morgan fingerprint density at radius 1 is 1.22 bits per heavy atom. The van der Waals surface area contributed by atoms with Crippen LogP contribution in [0.25, 0.3) is 10.9 Å². The van der Waals surface area contributed by atoms with E-state index in [2.05, 4.69) is 15.0 Å². The average Bonchev–Trinajstić information content (AvgIpc) is 3.31. The second kappa shape index (κ2) is 10.9. The number of carbonyl (C=O) groups excluding carboxylic acids is 4. The molecular weight excluding hydrogens is 414 g/mol. The summed E-state index contributed by atoms with van der Waals surface area (Å²) in [7, 11) is 1.28. The van der Waals surface area contributed by atoms with Crippen LogP contribution < -0.4 is 5.32 Å². The molecule has 0 saturated carbocycles. The zero-order valence-corrected chi connectivity index (χ0v) is 18.0. The highest BCUT2D eigenvalue weighted by molar-refractivity contribution is 6.38. The van der Waals surface area contributed by atoms with Gasteiger partial charge in [-0.1, -0.05) is 18.2 Å². The van der Waals surface area contributed by atoms with E-state index in [-0.39, 0.29) is 31.1 Å². The van der Waals surface area contributed by atoms with Crippen molar-refractivity contribution in [2.24, 2.45) is 0 Å². The minimum absolute atomic E-state index is 0.0680. The van der Waals surface area contributed by atoms with Crippen molar-refractivity contribution in [3.05, 3.63) is 42.1 Å². The second-order valence-corrected chi connectivity index (χ2v) is 7.66. The molecule has 2 amide bonds. The Morgan fingerprint density at radius 2 is 2.00 bits per heavy atom. The van der Waals surface area contributed by atoms with Gasteiger partial charge in [0.25, 0.3) is 5.91 Å². The number of pyridine rings is 1. The number of Topliss-reactive ketones (excluding diaryl/α,β-unsaturated/α-hetero) is 2. The van der Waals surface area contributed by atoms with Crippen molar-refractivity contribution in [3.8, 4) is 0 Å². The summed E-state index contributed by atoms with van der Waals surface area (Å²) in [5.74, 6) is -1.89. The number of benzene rings is 1. The zero-order valence-electron chi connectivity index (χ0n) is 18.0. The maximum Gasteiger partial charge on any atom is 0.289 e. The molecule has 0 bridgehead atoms. The van der Waals surface area contributed by atoms with Crippen molar-refractivity contribution in [2.45, 2.75) is 44.4 Å². The second-order valence-electron chi connectivity index (χ2n) is 7.66. The average molecular weight is 441 g/mol. The molecule has 1 aliphatic rings. The molecule has 1 aromatic heterocycles. The van der Waals surface area contributed by atoms with Crippen molar-refractivity contribution in [3.63, 3.8) is 0 Å². The summed E-state index contributed by atoms with van der Waals surface area (Å²) < 4.78 is 4.62. The van der Waals surface area contributed by atoms with Crippen LogP contribution in [0, 0.1) is 0 Å². The number of nitrogens with one attached hydrogen (secondary N) is 1. The Balaban J connectivity index is 1.53. The van der Waals surface area contributed by atoms with Gasteiger partial charge in [-0.3, -0.25) is 24.2 Å². The Morgan fingerprint density at radius 3 is 2.78 bits per heavy atom. The fourth-order valence-electron chi connectivity index (χ4n) is 3.86. The fraction of sp³-hybridized carbons (Fsp3) is 0.435. The molecule has 2 heterocycles. The SMILES string of the molecule is COC(O)CNC(=O)C(=O)[C@@H]1CCCN1C(=O)CCCC(=O)c1ccnc2ccccc12. The summed E-state index contributed by atoms with van der Waals surface area (Å²) in [6.45, 7) is 0.180. The molecule has 1 saturated heterocycles. The van der Waals surface area contributed by atoms with Gasteiger partial charge in [0.15, 0.2) is 12.1 Å². The number of aromatic nitrogens is 1. The van der Waals surface area contributed by atoms with Gasteiger partial charge in [0.2, 0.25) is 11.7 Å². The standard InChI is InChI=1S/C23H27N3O6/c1-32-21(29)14-25-23(31)22(30)18-8-5-13-26(18)20(28)10-4-9-19(27)16-11-12-24-17-7-3-2-6-15(16)17/h2-3,6-7,11-12,18,21,29H,4-5,8-10,13-14H2,1H3,(H,25,31)/t18-,21?/m0/s1. The number of hydrogen-bond donors (Lipinski definition) is 2. The van der Waals surface area contributed by atoms with Gasteiger partial charge in [-0.05, 0) is 31.4 Å². The van der Waals surface area contributed by atoms with Crippen LogP contribution in [-0.4, -0.2) is 70.9 Å². The number of amides is 2. The predicted octanol–water partition coefficient (Wildman–Crippen LogP) is 1.23. The molecule has 1 unspecified atom stereocenters. The Kier molecular flexibility index (Phi) is 8.02. The normalized spacial score (nSPS) is 16.7. The zero-order chi connectivity index (χ0) is 23.1. The molecule has 1 aliphatic heterocycles. The third-order valence-electron chi connectivity index (χ3n) is 5.55. The van der Waals surface area contributed by atoms with Gasteiger partial charge in [-0.15, -0.1) is 0 Å². The summed E-state index contributed by atoms with van der Waals surface area (Å²) >= 11 is 0. The summed E-state index contributed by atoms with van der Waals surface area (Å²) in [4.78, 5) is 55.6. The lowest BCUT2D eigenvalue weighted by Crippen LogP contribution is -2.48. The minimum Gasteiger partial charge on any atom is -0.366 e. The summed E-state index contributed by atoms with van der Waals surface area (Å²) in [6, 6.07) is 8.25. The van der Waals surface area contributed by atoms with Crippen LogP contribution in [0.3, 0.4) is 0 Å². The van der Waals surface area contributed by atoms with Gasteiger partial charge >= 0.3 is 0 Å². The molecule has 1 aromatic carbocycles. The van der Waals surface area contributed by atoms with Crippen LogP contribution >= 0.6 is 0 Å². The van der Waals surface area contributed by atoms with E-state index in [1.165, 1.54) is 12.0 Å². The van der Waals surface area contributed by atoms with Crippen molar-refractivity contribution in [2.75, 3.05) is 20.2 Å². The molecule has 0 aliphatic carbocycles. The van der Waals surface area contributed by atoms with Crippen molar-refractivity contribution >= 4 is 34.3 Å². The Labute approximate surface area is 185 Å². The van der Waals surface area contributed by atoms with Crippen molar-refractivity contribution < 1.29 is 29.0 Å². The number of fused-ring (bicyclic) bond motifs is 1. The number of carbonyl (C=O) groups is 4. The van der Waals surface area contributed by atoms with Gasteiger partial charge in [0, 0.05) is 43.6 Å². The molecule has 2 N–H and O–H groups in total. The van der Waals surface area contributed by atoms with Crippen LogP contribution in [0.4, 0.5) is 0 Å². The smallest absolute Gasteiger partial charge is 0.289 e. The monoisotopic (exact) mass is 441 g/mol. The van der Waals surface area contributed by atoms with Crippen LogP contribution in [-0.2, 0) is 19.1 Å². The molecule has 1 fully saturated rings.